The average Bonchev–Trinajstić information content (AvgIpc) is 3.67. The third kappa shape index (κ3) is 9.27. The van der Waals surface area contributed by atoms with Crippen LogP contribution >= 0.6 is 0 Å². The van der Waals surface area contributed by atoms with Crippen LogP contribution in [0.25, 0.3) is 0 Å². The van der Waals surface area contributed by atoms with Gasteiger partial charge in [-0.2, -0.15) is 0 Å². The standard InChI is InChI=1S/C40H52N4O5/c1-3-5-7-10-31(35(46)11-8-6-4-2)36(47)18-14-26-15-19-37(48)38(20-26)49-39-13-9-12-34(45)30-17-16-27(40(41)42)21-28(30)22-29-23-43-33-25-44(39)24-32(29)33/h15-17,19-21,23,25,31,34-35,39-40,45-46,48H,3-8,10-11,13-14,18,22,24,41-42H2,1-2H3/p+1. The molecule has 0 saturated heterocycles. The van der Waals surface area contributed by atoms with Gasteiger partial charge in [-0.3, -0.25) is 14.7 Å². The van der Waals surface area contributed by atoms with Gasteiger partial charge in [0.15, 0.2) is 11.5 Å². The lowest BCUT2D eigenvalue weighted by molar-refractivity contribution is -0.885. The number of carbonyl (C=O) groups excluding carboxylic acids is 1. The number of quaternary nitrogens is 1. The summed E-state index contributed by atoms with van der Waals surface area (Å²) >= 11 is 0. The number of rotatable bonds is 16. The number of fused-ring (bicyclic) bond motifs is 2. The lowest BCUT2D eigenvalue weighted by atomic mass is 9.86. The number of hydrogen-bond acceptors (Lipinski definition) is 8. The number of aromatic hydroxyl groups is 1. The van der Waals surface area contributed by atoms with Crippen molar-refractivity contribution in [3.63, 3.8) is 0 Å². The zero-order valence-corrected chi connectivity index (χ0v) is 29.0. The molecule has 262 valence electrons. The molecule has 0 aliphatic carbocycles. The lowest BCUT2D eigenvalue weighted by Gasteiger charge is -2.24. The van der Waals surface area contributed by atoms with E-state index in [4.69, 9.17) is 16.2 Å². The quantitative estimate of drug-likeness (QED) is 0.0876. The number of nitrogens with two attached hydrogens (primary N) is 2. The van der Waals surface area contributed by atoms with E-state index in [0.717, 1.165) is 77.0 Å². The summed E-state index contributed by atoms with van der Waals surface area (Å²) in [6, 6.07) is 10.8. The zero-order chi connectivity index (χ0) is 34.9. The average molecular weight is 670 g/mol. The van der Waals surface area contributed by atoms with E-state index < -0.39 is 24.6 Å². The Kier molecular flexibility index (Phi) is 12.8. The molecule has 5 unspecified atom stereocenters. The van der Waals surface area contributed by atoms with Crippen molar-refractivity contribution in [2.24, 2.45) is 22.4 Å². The number of carbonyl (C=O) groups is 1. The monoisotopic (exact) mass is 669 g/mol. The highest BCUT2D eigenvalue weighted by Crippen LogP contribution is 2.32. The van der Waals surface area contributed by atoms with Crippen LogP contribution in [-0.4, -0.2) is 46.2 Å². The first-order chi connectivity index (χ1) is 23.7. The van der Waals surface area contributed by atoms with Crippen molar-refractivity contribution in [2.45, 2.75) is 115 Å². The molecule has 8 N–H and O–H groups in total. The van der Waals surface area contributed by atoms with Crippen LogP contribution in [0.15, 0.2) is 64.4 Å². The third-order valence-electron chi connectivity index (χ3n) is 9.98. The van der Waals surface area contributed by atoms with Gasteiger partial charge in [-0.05, 0) is 65.6 Å². The number of ether oxygens (including phenoxy) is 1. The second-order valence-corrected chi connectivity index (χ2v) is 13.7. The van der Waals surface area contributed by atoms with Crippen molar-refractivity contribution in [1.82, 2.24) is 0 Å². The van der Waals surface area contributed by atoms with Crippen molar-refractivity contribution in [3.8, 4) is 23.3 Å². The van der Waals surface area contributed by atoms with E-state index in [2.05, 4.69) is 30.7 Å². The molecule has 2 aromatic rings. The molecular weight excluding hydrogens is 616 g/mol. The Morgan fingerprint density at radius 3 is 2.61 bits per heavy atom. The number of aryl methyl sites for hydroxylation is 1. The molecule has 9 nitrogen and oxygen atoms in total. The number of aliphatic hydroxyl groups is 2. The fourth-order valence-corrected chi connectivity index (χ4v) is 7.02. The van der Waals surface area contributed by atoms with Crippen LogP contribution in [0, 0.1) is 17.8 Å². The number of aliphatic imine (C=N–C) groups is 1. The van der Waals surface area contributed by atoms with Crippen LogP contribution in [0.2, 0.25) is 0 Å². The van der Waals surface area contributed by atoms with E-state index in [1.165, 1.54) is 0 Å². The number of allylic oxidation sites excluding steroid dienone is 1. The number of hydrogen-bond donors (Lipinski definition) is 6. The molecule has 49 heavy (non-hydrogen) atoms. The van der Waals surface area contributed by atoms with Crippen LogP contribution in [-0.2, 0) is 17.6 Å². The Morgan fingerprint density at radius 1 is 1.08 bits per heavy atom. The number of nitrogens with one attached hydrogen (secondary N) is 1. The van der Waals surface area contributed by atoms with E-state index in [1.807, 2.05) is 36.7 Å². The predicted molar refractivity (Wildman–Crippen MR) is 192 cm³/mol. The lowest BCUT2D eigenvalue weighted by Crippen LogP contribution is -3.11. The van der Waals surface area contributed by atoms with Crippen molar-refractivity contribution in [3.05, 3.63) is 81.7 Å². The molecular formula is C40H53N4O5+. The highest BCUT2D eigenvalue weighted by molar-refractivity contribution is 5.87. The highest BCUT2D eigenvalue weighted by Gasteiger charge is 2.35. The molecule has 0 saturated carbocycles. The molecule has 3 aliphatic rings. The van der Waals surface area contributed by atoms with E-state index in [0.29, 0.717) is 56.4 Å². The van der Waals surface area contributed by atoms with Crippen molar-refractivity contribution >= 4 is 12.0 Å². The van der Waals surface area contributed by atoms with E-state index in [9.17, 15) is 20.1 Å². The minimum atomic E-state index is -1.01. The van der Waals surface area contributed by atoms with Crippen molar-refractivity contribution in [1.29, 1.82) is 0 Å². The fraction of sp³-hybridized carbons (Fsp3) is 0.500. The summed E-state index contributed by atoms with van der Waals surface area (Å²) in [6.45, 7) is 4.92. The summed E-state index contributed by atoms with van der Waals surface area (Å²) in [5.74, 6) is 6.20. The first kappa shape index (κ1) is 36.5. The van der Waals surface area contributed by atoms with E-state index >= 15 is 0 Å². The topological polar surface area (TPSA) is 156 Å². The Morgan fingerprint density at radius 2 is 1.86 bits per heavy atom. The number of ketones is 1. The number of Topliss-reactive ketones (excluding diaryl/α,β-unsaturated/α-hetero) is 1. The van der Waals surface area contributed by atoms with Crippen LogP contribution in [0.5, 0.6) is 11.5 Å². The van der Waals surface area contributed by atoms with Gasteiger partial charge in [0.25, 0.3) is 0 Å². The Labute approximate surface area is 290 Å². The Hall–Kier alpha value is -3.78. The molecule has 0 spiro atoms. The number of unbranched alkanes of at least 4 members (excludes halogenated alkanes) is 4. The van der Waals surface area contributed by atoms with Crippen LogP contribution < -0.4 is 21.1 Å². The molecule has 3 heterocycles. The number of nitrogens with zero attached hydrogens (tertiary/aromatic N) is 1. The minimum Gasteiger partial charge on any atom is -0.504 e. The maximum absolute atomic E-state index is 13.4. The summed E-state index contributed by atoms with van der Waals surface area (Å²) < 4.78 is 6.49. The normalized spacial score (nSPS) is 21.0. The molecule has 2 aromatic carbocycles. The number of phenols is 1. The number of phenolic OH excluding ortho intramolecular Hbond substituents is 1. The summed E-state index contributed by atoms with van der Waals surface area (Å²) in [6.07, 6.45) is 10.3. The van der Waals surface area contributed by atoms with Gasteiger partial charge in [-0.25, -0.2) is 0 Å². The van der Waals surface area contributed by atoms with Gasteiger partial charge in [0.2, 0.25) is 6.23 Å². The predicted octanol–water partition coefficient (Wildman–Crippen LogP) is 4.46. The van der Waals surface area contributed by atoms with Crippen LogP contribution in [0.3, 0.4) is 0 Å². The first-order valence-corrected chi connectivity index (χ1v) is 18.0. The van der Waals surface area contributed by atoms with Crippen molar-refractivity contribution < 1.29 is 29.8 Å². The molecule has 0 aromatic heterocycles. The van der Waals surface area contributed by atoms with Gasteiger partial charge in [0, 0.05) is 24.1 Å². The summed E-state index contributed by atoms with van der Waals surface area (Å²) in [5.41, 5.74) is 18.3. The molecule has 9 heteroatoms. The van der Waals surface area contributed by atoms with E-state index in [1.54, 1.807) is 12.1 Å². The molecule has 5 atom stereocenters. The van der Waals surface area contributed by atoms with Gasteiger partial charge >= 0.3 is 0 Å². The van der Waals surface area contributed by atoms with Gasteiger partial charge in [0.1, 0.15) is 36.7 Å². The van der Waals surface area contributed by atoms with Gasteiger partial charge in [-0.15, -0.1) is 0 Å². The minimum absolute atomic E-state index is 0.00480. The molecule has 0 fully saturated rings. The van der Waals surface area contributed by atoms with Crippen LogP contribution in [0.1, 0.15) is 113 Å². The van der Waals surface area contributed by atoms with Gasteiger partial charge < -0.3 is 31.5 Å². The molecule has 0 radical (unpaired) electrons. The number of aliphatic hydroxyl groups excluding tert-OH is 2. The SMILES string of the molecule is CCCCCC(O)C(CCCCC)C(=O)CCc1ccc(O)c(OC2CC#CC(O)c3ccc(C(N)N)cc3CC3=C4C[NH+]2C=C4N=C3)c1. The van der Waals surface area contributed by atoms with Gasteiger partial charge in [0.05, 0.1) is 12.3 Å². The van der Waals surface area contributed by atoms with Crippen molar-refractivity contribution in [2.75, 3.05) is 6.54 Å². The Bertz CT molecular complexity index is 1630. The maximum Gasteiger partial charge on any atom is 0.247 e. The maximum atomic E-state index is 13.4. The summed E-state index contributed by atoms with van der Waals surface area (Å²) in [7, 11) is 0. The number of benzene rings is 2. The first-order valence-electron chi connectivity index (χ1n) is 18.0. The molecule has 5 rings (SSSR count). The molecule has 0 amide bonds. The second-order valence-electron chi connectivity index (χ2n) is 13.7. The smallest absolute Gasteiger partial charge is 0.247 e. The van der Waals surface area contributed by atoms with Crippen LogP contribution in [0.4, 0.5) is 0 Å². The third-order valence-corrected chi connectivity index (χ3v) is 9.98. The largest absolute Gasteiger partial charge is 0.504 e. The molecule has 2 bridgehead atoms. The second kappa shape index (κ2) is 17.2. The Balaban J connectivity index is 1.32. The summed E-state index contributed by atoms with van der Waals surface area (Å²) in [4.78, 5) is 19.1. The highest BCUT2D eigenvalue weighted by atomic mass is 16.5. The summed E-state index contributed by atoms with van der Waals surface area (Å²) in [5, 5.41) is 32.9. The van der Waals surface area contributed by atoms with E-state index in [-0.39, 0.29) is 17.5 Å². The zero-order valence-electron chi connectivity index (χ0n) is 29.0. The fourth-order valence-electron chi connectivity index (χ4n) is 7.02. The van der Waals surface area contributed by atoms with Gasteiger partial charge in [-0.1, -0.05) is 88.5 Å². The molecule has 3 aliphatic heterocycles.